The minimum atomic E-state index is -0.719. The van der Waals surface area contributed by atoms with Crippen molar-refractivity contribution in [3.8, 4) is 0 Å². The molecule has 132 valence electrons. The van der Waals surface area contributed by atoms with Crippen LogP contribution in [-0.2, 0) is 14.3 Å². The van der Waals surface area contributed by atoms with Crippen LogP contribution < -0.4 is 0 Å². The van der Waals surface area contributed by atoms with Crippen molar-refractivity contribution in [3.63, 3.8) is 0 Å². The highest BCUT2D eigenvalue weighted by molar-refractivity contribution is 5.97. The molecular weight excluding hydrogens is 310 g/mol. The average Bonchev–Trinajstić information content (AvgIpc) is 2.58. The van der Waals surface area contributed by atoms with Gasteiger partial charge < -0.3 is 14.7 Å². The number of benzene rings is 1. The van der Waals surface area contributed by atoms with Crippen LogP contribution in [0.2, 0.25) is 0 Å². The number of ketones is 1. The van der Waals surface area contributed by atoms with Gasteiger partial charge in [0.05, 0.1) is 19.1 Å². The molecule has 0 radical (unpaired) electrons. The van der Waals surface area contributed by atoms with E-state index in [9.17, 15) is 19.5 Å². The molecule has 0 aliphatic heterocycles. The van der Waals surface area contributed by atoms with Gasteiger partial charge in [0, 0.05) is 31.5 Å². The van der Waals surface area contributed by atoms with Crippen LogP contribution in [-0.4, -0.2) is 54.0 Å². The van der Waals surface area contributed by atoms with E-state index in [1.165, 1.54) is 12.0 Å². The van der Waals surface area contributed by atoms with Crippen molar-refractivity contribution in [1.29, 1.82) is 0 Å². The first kappa shape index (κ1) is 19.8. The number of carbonyl (C=O) groups is 3. The number of ether oxygens (including phenoxy) is 1. The minimum absolute atomic E-state index is 0.0361. The number of Topliss-reactive ketones (excluding diaryl/α,β-unsaturated/α-hetero) is 1. The zero-order valence-corrected chi connectivity index (χ0v) is 14.4. The standard InChI is InChI=1S/C18H25NO5/c1-13(18(23)24-3)11-19(12-14(2)20)17(22)10-9-16(21)15-7-5-4-6-8-15/h4-8,13-14,20H,9-12H2,1-3H3. The molecule has 2 unspecified atom stereocenters. The van der Waals surface area contributed by atoms with Crippen molar-refractivity contribution in [3.05, 3.63) is 35.9 Å². The first-order valence-corrected chi connectivity index (χ1v) is 7.97. The van der Waals surface area contributed by atoms with E-state index >= 15 is 0 Å². The number of aliphatic hydroxyl groups excluding tert-OH is 1. The summed E-state index contributed by atoms with van der Waals surface area (Å²) in [4.78, 5) is 37.4. The first-order valence-electron chi connectivity index (χ1n) is 7.97. The van der Waals surface area contributed by atoms with Gasteiger partial charge in [-0.15, -0.1) is 0 Å². The van der Waals surface area contributed by atoms with Gasteiger partial charge in [0.1, 0.15) is 0 Å². The maximum absolute atomic E-state index is 12.4. The third-order valence-corrected chi connectivity index (χ3v) is 3.60. The van der Waals surface area contributed by atoms with Crippen molar-refractivity contribution in [2.45, 2.75) is 32.8 Å². The molecule has 0 fully saturated rings. The average molecular weight is 335 g/mol. The molecule has 0 aliphatic rings. The Kier molecular flexibility index (Phi) is 8.12. The number of hydrogen-bond acceptors (Lipinski definition) is 5. The molecule has 0 saturated carbocycles. The minimum Gasteiger partial charge on any atom is -0.469 e. The summed E-state index contributed by atoms with van der Waals surface area (Å²) in [7, 11) is 1.29. The summed E-state index contributed by atoms with van der Waals surface area (Å²) < 4.78 is 4.66. The Bertz CT molecular complexity index is 556. The molecule has 0 spiro atoms. The van der Waals surface area contributed by atoms with Crippen LogP contribution >= 0.6 is 0 Å². The molecule has 1 N–H and O–H groups in total. The zero-order chi connectivity index (χ0) is 18.1. The molecule has 1 aromatic rings. The maximum atomic E-state index is 12.4. The fraction of sp³-hybridized carbons (Fsp3) is 0.500. The number of rotatable bonds is 9. The summed E-state index contributed by atoms with van der Waals surface area (Å²) in [6, 6.07) is 8.78. The van der Waals surface area contributed by atoms with Gasteiger partial charge in [-0.3, -0.25) is 14.4 Å². The fourth-order valence-electron chi connectivity index (χ4n) is 2.35. The van der Waals surface area contributed by atoms with E-state index in [0.717, 1.165) is 0 Å². The lowest BCUT2D eigenvalue weighted by Gasteiger charge is -2.26. The molecule has 0 saturated heterocycles. The lowest BCUT2D eigenvalue weighted by atomic mass is 10.1. The highest BCUT2D eigenvalue weighted by Gasteiger charge is 2.23. The number of carbonyl (C=O) groups excluding carboxylic acids is 3. The van der Waals surface area contributed by atoms with Gasteiger partial charge in [-0.1, -0.05) is 37.3 Å². The quantitative estimate of drug-likeness (QED) is 0.548. The van der Waals surface area contributed by atoms with Crippen molar-refractivity contribution in [1.82, 2.24) is 4.90 Å². The molecule has 1 aromatic carbocycles. The van der Waals surface area contributed by atoms with Gasteiger partial charge in [0.2, 0.25) is 5.91 Å². The van der Waals surface area contributed by atoms with Crippen LogP contribution in [0.25, 0.3) is 0 Å². The van der Waals surface area contributed by atoms with E-state index in [1.807, 2.05) is 6.07 Å². The van der Waals surface area contributed by atoms with Gasteiger partial charge in [0.15, 0.2) is 5.78 Å². The second-order valence-corrected chi connectivity index (χ2v) is 5.86. The molecule has 0 aliphatic carbocycles. The van der Waals surface area contributed by atoms with Crippen LogP contribution in [0.5, 0.6) is 0 Å². The van der Waals surface area contributed by atoms with E-state index in [4.69, 9.17) is 0 Å². The number of hydrogen-bond donors (Lipinski definition) is 1. The Morgan fingerprint density at radius 2 is 1.71 bits per heavy atom. The summed E-state index contributed by atoms with van der Waals surface area (Å²) in [5.41, 5.74) is 0.565. The predicted octanol–water partition coefficient (Wildman–Crippen LogP) is 1.67. The molecule has 0 heterocycles. The topological polar surface area (TPSA) is 83.9 Å². The summed E-state index contributed by atoms with van der Waals surface area (Å²) in [6.45, 7) is 3.48. The van der Waals surface area contributed by atoms with Crippen molar-refractivity contribution >= 4 is 17.7 Å². The molecule has 1 amide bonds. The number of methoxy groups -OCH3 is 1. The van der Waals surface area contributed by atoms with Crippen molar-refractivity contribution < 1.29 is 24.2 Å². The molecule has 6 nitrogen and oxygen atoms in total. The number of esters is 1. The maximum Gasteiger partial charge on any atom is 0.310 e. The van der Waals surface area contributed by atoms with Crippen molar-refractivity contribution in [2.24, 2.45) is 5.92 Å². The predicted molar refractivity (Wildman–Crippen MR) is 89.4 cm³/mol. The zero-order valence-electron chi connectivity index (χ0n) is 14.4. The summed E-state index contributed by atoms with van der Waals surface area (Å²) in [6.07, 6.45) is -0.594. The monoisotopic (exact) mass is 335 g/mol. The SMILES string of the molecule is COC(=O)C(C)CN(CC(C)O)C(=O)CCC(=O)c1ccccc1. The second-order valence-electron chi connectivity index (χ2n) is 5.86. The number of aliphatic hydroxyl groups is 1. The van der Waals surface area contributed by atoms with Crippen LogP contribution in [0, 0.1) is 5.92 Å². The molecule has 0 bridgehead atoms. The second kappa shape index (κ2) is 9.82. The summed E-state index contributed by atoms with van der Waals surface area (Å²) in [5, 5.41) is 9.56. The Morgan fingerprint density at radius 3 is 2.25 bits per heavy atom. The molecule has 6 heteroatoms. The Labute approximate surface area is 142 Å². The molecule has 24 heavy (non-hydrogen) atoms. The van der Waals surface area contributed by atoms with Crippen molar-refractivity contribution in [2.75, 3.05) is 20.2 Å². The highest BCUT2D eigenvalue weighted by Crippen LogP contribution is 2.10. The Balaban J connectivity index is 2.64. The van der Waals surface area contributed by atoms with E-state index < -0.39 is 18.0 Å². The van der Waals surface area contributed by atoms with Crippen LogP contribution in [0.3, 0.4) is 0 Å². The third-order valence-electron chi connectivity index (χ3n) is 3.60. The van der Waals surface area contributed by atoms with Crippen LogP contribution in [0.1, 0.15) is 37.0 Å². The van der Waals surface area contributed by atoms with Crippen LogP contribution in [0.4, 0.5) is 0 Å². The lowest BCUT2D eigenvalue weighted by molar-refractivity contribution is -0.146. The molecule has 0 aromatic heterocycles. The van der Waals surface area contributed by atoms with E-state index in [1.54, 1.807) is 38.1 Å². The van der Waals surface area contributed by atoms with E-state index in [0.29, 0.717) is 5.56 Å². The lowest BCUT2D eigenvalue weighted by Crippen LogP contribution is -2.41. The van der Waals surface area contributed by atoms with Gasteiger partial charge in [-0.2, -0.15) is 0 Å². The van der Waals surface area contributed by atoms with E-state index in [-0.39, 0.29) is 37.6 Å². The highest BCUT2D eigenvalue weighted by atomic mass is 16.5. The Morgan fingerprint density at radius 1 is 1.08 bits per heavy atom. The molecule has 2 atom stereocenters. The number of nitrogens with zero attached hydrogens (tertiary/aromatic N) is 1. The molecule has 1 rings (SSSR count). The largest absolute Gasteiger partial charge is 0.469 e. The third kappa shape index (κ3) is 6.50. The van der Waals surface area contributed by atoms with E-state index in [2.05, 4.69) is 4.74 Å². The number of amides is 1. The van der Waals surface area contributed by atoms with Gasteiger partial charge in [-0.05, 0) is 6.92 Å². The van der Waals surface area contributed by atoms with Gasteiger partial charge in [-0.25, -0.2) is 0 Å². The first-order chi connectivity index (χ1) is 11.3. The smallest absolute Gasteiger partial charge is 0.310 e. The van der Waals surface area contributed by atoms with Gasteiger partial charge >= 0.3 is 5.97 Å². The normalized spacial score (nSPS) is 13.0. The fourth-order valence-corrected chi connectivity index (χ4v) is 2.35. The molecular formula is C18H25NO5. The Hall–Kier alpha value is -2.21. The van der Waals surface area contributed by atoms with Crippen LogP contribution in [0.15, 0.2) is 30.3 Å². The summed E-state index contributed by atoms with van der Waals surface area (Å²) in [5.74, 6) is -1.29. The summed E-state index contributed by atoms with van der Waals surface area (Å²) >= 11 is 0. The van der Waals surface area contributed by atoms with Gasteiger partial charge in [0.25, 0.3) is 0 Å².